The Kier molecular flexibility index (Phi) is 4.49. The maximum Gasteiger partial charge on any atom is 0.188 e. The molecule has 0 bridgehead atoms. The molecule has 3 N–H and O–H groups in total. The molecule has 0 atom stereocenters. The number of aromatic amines is 1. The lowest BCUT2D eigenvalue weighted by atomic mass is 10.1. The van der Waals surface area contributed by atoms with Crippen LogP contribution in [0.4, 0.5) is 0 Å². The average molecular weight is 373 g/mol. The van der Waals surface area contributed by atoms with Crippen molar-refractivity contribution < 1.29 is 10.2 Å². The minimum atomic E-state index is -1.52. The molecule has 1 aromatic carbocycles. The summed E-state index contributed by atoms with van der Waals surface area (Å²) in [5.41, 5.74) is 0.950. The van der Waals surface area contributed by atoms with Gasteiger partial charge in [-0.3, -0.25) is 0 Å². The second-order valence-corrected chi connectivity index (χ2v) is 6.96. The van der Waals surface area contributed by atoms with Crippen molar-refractivity contribution in [2.45, 2.75) is 12.7 Å². The largest absolute Gasteiger partial charge is 0.364 e. The molecule has 0 saturated carbocycles. The van der Waals surface area contributed by atoms with Gasteiger partial charge in [0.1, 0.15) is 15.3 Å². The molecule has 0 amide bonds. The second kappa shape index (κ2) is 6.23. The van der Waals surface area contributed by atoms with Crippen LogP contribution in [0.15, 0.2) is 24.3 Å². The number of thiophene rings is 1. The lowest BCUT2D eigenvalue weighted by Crippen LogP contribution is -1.96. The first-order valence-corrected chi connectivity index (χ1v) is 8.25. The maximum atomic E-state index is 9.24. The molecule has 3 rings (SSSR count). The molecule has 0 unspecified atom stereocenters. The van der Waals surface area contributed by atoms with E-state index in [4.69, 9.17) is 35.4 Å². The zero-order valence-electron chi connectivity index (χ0n) is 11.0. The smallest absolute Gasteiger partial charge is 0.188 e. The van der Waals surface area contributed by atoms with Crippen molar-refractivity contribution in [3.63, 3.8) is 0 Å². The number of fused-ring (bicyclic) bond motifs is 1. The number of hydrogen-bond acceptors (Lipinski definition) is 5. The Hall–Kier alpha value is -1.02. The number of nitrogens with one attached hydrogen (secondary N) is 1. The Balaban J connectivity index is 2.00. The van der Waals surface area contributed by atoms with E-state index in [0.717, 1.165) is 5.56 Å². The number of hydrogen-bond donors (Lipinski definition) is 3. The van der Waals surface area contributed by atoms with Crippen LogP contribution in [0.3, 0.4) is 0 Å². The third-order valence-electron chi connectivity index (χ3n) is 3.08. The lowest BCUT2D eigenvalue weighted by molar-refractivity contribution is -0.0394. The van der Waals surface area contributed by atoms with E-state index in [1.807, 2.05) is 6.07 Å². The van der Waals surface area contributed by atoms with Crippen molar-refractivity contribution in [2.75, 3.05) is 0 Å². The van der Waals surface area contributed by atoms with E-state index in [0.29, 0.717) is 42.0 Å². The zero-order valence-corrected chi connectivity index (χ0v) is 14.2. The summed E-state index contributed by atoms with van der Waals surface area (Å²) in [6, 6.07) is 7.02. The molecule has 0 aliphatic rings. The SMILES string of the molecule is OC(O)c1cc2c(=S)[nH]c(Cc3ccc(Cl)c(Cl)c3)nc2s1. The second-order valence-electron chi connectivity index (χ2n) is 4.68. The fourth-order valence-corrected chi connectivity index (χ4v) is 3.64. The van der Waals surface area contributed by atoms with Crippen LogP contribution < -0.4 is 0 Å². The molecule has 0 radical (unpaired) electrons. The van der Waals surface area contributed by atoms with Crippen LogP contribution in [0.1, 0.15) is 22.6 Å². The van der Waals surface area contributed by atoms with Crippen molar-refractivity contribution >= 4 is 57.0 Å². The number of nitrogens with zero attached hydrogens (tertiary/aromatic N) is 1. The first-order valence-electron chi connectivity index (χ1n) is 6.27. The molecule has 0 aliphatic carbocycles. The molecule has 2 heterocycles. The Labute approximate surface area is 145 Å². The highest BCUT2D eigenvalue weighted by Gasteiger charge is 2.12. The number of halogens is 2. The minimum Gasteiger partial charge on any atom is -0.364 e. The van der Waals surface area contributed by atoms with Crippen LogP contribution in [0.5, 0.6) is 0 Å². The number of rotatable bonds is 3. The van der Waals surface area contributed by atoms with Crippen molar-refractivity contribution in [2.24, 2.45) is 0 Å². The highest BCUT2D eigenvalue weighted by atomic mass is 35.5. The summed E-state index contributed by atoms with van der Waals surface area (Å²) in [5.74, 6) is 0.678. The third-order valence-corrected chi connectivity index (χ3v) is 5.21. The summed E-state index contributed by atoms with van der Waals surface area (Å²) in [6.07, 6.45) is -1.00. The highest BCUT2D eigenvalue weighted by molar-refractivity contribution is 7.71. The van der Waals surface area contributed by atoms with Crippen LogP contribution in [-0.4, -0.2) is 20.2 Å². The molecule has 3 aromatic rings. The number of aromatic nitrogens is 2. The van der Waals surface area contributed by atoms with E-state index in [1.165, 1.54) is 11.3 Å². The number of aliphatic hydroxyl groups is 2. The number of benzene rings is 1. The Bertz CT molecular complexity index is 905. The van der Waals surface area contributed by atoms with E-state index >= 15 is 0 Å². The Morgan fingerprint density at radius 1 is 1.23 bits per heavy atom. The van der Waals surface area contributed by atoms with Crippen molar-refractivity contribution in [3.05, 3.63) is 55.2 Å². The molecule has 0 fully saturated rings. The molecule has 8 heteroatoms. The molecular formula is C14H10Cl2N2O2S2. The molecule has 2 aromatic heterocycles. The van der Waals surface area contributed by atoms with Crippen LogP contribution in [0, 0.1) is 4.64 Å². The Morgan fingerprint density at radius 3 is 2.68 bits per heavy atom. The number of H-pyrrole nitrogens is 1. The van der Waals surface area contributed by atoms with E-state index < -0.39 is 6.29 Å². The van der Waals surface area contributed by atoms with Gasteiger partial charge in [-0.1, -0.05) is 41.5 Å². The van der Waals surface area contributed by atoms with Gasteiger partial charge in [0.15, 0.2) is 6.29 Å². The van der Waals surface area contributed by atoms with Gasteiger partial charge < -0.3 is 15.2 Å². The van der Waals surface area contributed by atoms with Gasteiger partial charge >= 0.3 is 0 Å². The van der Waals surface area contributed by atoms with Gasteiger partial charge in [0.2, 0.25) is 0 Å². The van der Waals surface area contributed by atoms with E-state index in [1.54, 1.807) is 18.2 Å². The van der Waals surface area contributed by atoms with Crippen LogP contribution in [-0.2, 0) is 6.42 Å². The van der Waals surface area contributed by atoms with Gasteiger partial charge in [0.05, 0.1) is 14.9 Å². The van der Waals surface area contributed by atoms with Crippen LogP contribution in [0.25, 0.3) is 10.2 Å². The Morgan fingerprint density at radius 2 is 2.00 bits per heavy atom. The van der Waals surface area contributed by atoms with Crippen LogP contribution in [0.2, 0.25) is 10.0 Å². The van der Waals surface area contributed by atoms with Gasteiger partial charge in [0, 0.05) is 11.8 Å². The van der Waals surface area contributed by atoms with E-state index in [2.05, 4.69) is 9.97 Å². The summed E-state index contributed by atoms with van der Waals surface area (Å²) in [7, 11) is 0. The predicted octanol–water partition coefficient (Wildman–Crippen LogP) is 4.23. The molecule has 0 saturated heterocycles. The monoisotopic (exact) mass is 372 g/mol. The van der Waals surface area contributed by atoms with Crippen molar-refractivity contribution in [3.8, 4) is 0 Å². The first kappa shape index (κ1) is 15.9. The topological polar surface area (TPSA) is 69.1 Å². The van der Waals surface area contributed by atoms with Crippen molar-refractivity contribution in [1.82, 2.24) is 9.97 Å². The van der Waals surface area contributed by atoms with Crippen molar-refractivity contribution in [1.29, 1.82) is 0 Å². The normalized spacial score (nSPS) is 11.5. The molecule has 0 spiro atoms. The molecule has 4 nitrogen and oxygen atoms in total. The summed E-state index contributed by atoms with van der Waals surface area (Å²) < 4.78 is 0.517. The minimum absolute atomic E-state index is 0.411. The predicted molar refractivity (Wildman–Crippen MR) is 91.3 cm³/mol. The van der Waals surface area contributed by atoms with Gasteiger partial charge in [0.25, 0.3) is 0 Å². The fraction of sp³-hybridized carbons (Fsp3) is 0.143. The quantitative estimate of drug-likeness (QED) is 0.475. The highest BCUT2D eigenvalue weighted by Crippen LogP contribution is 2.29. The summed E-state index contributed by atoms with van der Waals surface area (Å²) in [5, 5.41) is 20.2. The van der Waals surface area contributed by atoms with Gasteiger partial charge in [-0.15, -0.1) is 11.3 Å². The average Bonchev–Trinajstić information content (AvgIpc) is 2.88. The summed E-state index contributed by atoms with van der Waals surface area (Å²) in [4.78, 5) is 8.62. The van der Waals surface area contributed by atoms with E-state index in [9.17, 15) is 10.2 Å². The van der Waals surface area contributed by atoms with Crippen LogP contribution >= 0.6 is 46.8 Å². The molecule has 114 valence electrons. The lowest BCUT2D eigenvalue weighted by Gasteiger charge is -2.04. The standard InChI is InChI=1S/C14H10Cl2N2O2S2/c15-8-2-1-6(3-9(8)16)4-11-17-12(21)7-5-10(14(19)20)22-13(7)18-11/h1-3,5,14,19-20H,4H2,(H,17,18,21). The molecular weight excluding hydrogens is 363 g/mol. The molecule has 22 heavy (non-hydrogen) atoms. The summed E-state index contributed by atoms with van der Waals surface area (Å²) >= 11 is 18.4. The summed E-state index contributed by atoms with van der Waals surface area (Å²) in [6.45, 7) is 0. The maximum absolute atomic E-state index is 9.24. The third kappa shape index (κ3) is 3.17. The van der Waals surface area contributed by atoms with Gasteiger partial charge in [-0.2, -0.15) is 0 Å². The number of aliphatic hydroxyl groups excluding tert-OH is 1. The molecule has 0 aliphatic heterocycles. The van der Waals surface area contributed by atoms with E-state index in [-0.39, 0.29) is 0 Å². The zero-order chi connectivity index (χ0) is 15.9. The van der Waals surface area contributed by atoms with Gasteiger partial charge in [-0.25, -0.2) is 4.98 Å². The van der Waals surface area contributed by atoms with Gasteiger partial charge in [-0.05, 0) is 23.8 Å². The fourth-order valence-electron chi connectivity index (χ4n) is 2.05. The first-order chi connectivity index (χ1) is 10.4.